The molecule has 2 atom stereocenters. The van der Waals surface area contributed by atoms with Gasteiger partial charge in [-0.25, -0.2) is 0 Å². The van der Waals surface area contributed by atoms with Crippen LogP contribution in [0.4, 0.5) is 5.69 Å². The Labute approximate surface area is 133 Å². The fourth-order valence-corrected chi connectivity index (χ4v) is 3.82. The number of nitrogens with zero attached hydrogens (tertiary/aromatic N) is 2. The van der Waals surface area contributed by atoms with Crippen molar-refractivity contribution in [1.82, 2.24) is 9.78 Å². The molecular weight excluding hydrogens is 294 g/mol. The first-order chi connectivity index (χ1) is 11.1. The molecule has 0 radical (unpaired) electrons. The second-order valence-corrected chi connectivity index (χ2v) is 6.38. The van der Waals surface area contributed by atoms with Crippen LogP contribution in [0.1, 0.15) is 24.0 Å². The Hall–Kier alpha value is -2.63. The normalized spacial score (nSPS) is 24.4. The van der Waals surface area contributed by atoms with Crippen molar-refractivity contribution >= 4 is 17.6 Å². The first kappa shape index (κ1) is 14.0. The largest absolute Gasteiger partial charge is 0.480 e. The van der Waals surface area contributed by atoms with Gasteiger partial charge in [0.2, 0.25) is 5.91 Å². The van der Waals surface area contributed by atoms with Gasteiger partial charge in [0.05, 0.1) is 11.9 Å². The zero-order valence-corrected chi connectivity index (χ0v) is 12.5. The molecule has 1 fully saturated rings. The van der Waals surface area contributed by atoms with Crippen molar-refractivity contribution in [3.05, 3.63) is 47.8 Å². The molecule has 2 aliphatic rings. The smallest absolute Gasteiger partial charge is 0.325 e. The van der Waals surface area contributed by atoms with Crippen LogP contribution in [-0.2, 0) is 28.0 Å². The highest BCUT2D eigenvalue weighted by Crippen LogP contribution is 2.61. The topological polar surface area (TPSA) is 84.2 Å². The van der Waals surface area contributed by atoms with Gasteiger partial charge >= 0.3 is 5.97 Å². The van der Waals surface area contributed by atoms with Crippen molar-refractivity contribution < 1.29 is 14.7 Å². The Morgan fingerprint density at radius 3 is 3.04 bits per heavy atom. The van der Waals surface area contributed by atoms with Crippen LogP contribution in [0, 0.1) is 5.92 Å². The maximum absolute atomic E-state index is 12.5. The van der Waals surface area contributed by atoms with E-state index < -0.39 is 5.97 Å². The summed E-state index contributed by atoms with van der Waals surface area (Å²) < 4.78 is 1.30. The number of hydrogen-bond acceptors (Lipinski definition) is 3. The highest BCUT2D eigenvalue weighted by Gasteiger charge is 2.61. The zero-order chi connectivity index (χ0) is 16.0. The highest BCUT2D eigenvalue weighted by atomic mass is 16.4. The maximum Gasteiger partial charge on any atom is 0.325 e. The molecule has 4 rings (SSSR count). The SMILES string of the molecule is O=C(O)Cn1cc(NC(=O)C2CC23CCc2ccccc23)cn1. The van der Waals surface area contributed by atoms with E-state index in [-0.39, 0.29) is 23.8 Å². The molecule has 0 bridgehead atoms. The Morgan fingerprint density at radius 2 is 2.22 bits per heavy atom. The number of aliphatic carboxylic acids is 1. The van der Waals surface area contributed by atoms with E-state index in [2.05, 4.69) is 22.5 Å². The van der Waals surface area contributed by atoms with Gasteiger partial charge in [-0.1, -0.05) is 24.3 Å². The molecule has 6 heteroatoms. The summed E-state index contributed by atoms with van der Waals surface area (Å²) in [6.07, 6.45) is 5.99. The number of carbonyl (C=O) groups excluding carboxylic acids is 1. The van der Waals surface area contributed by atoms with Crippen LogP contribution < -0.4 is 5.32 Å². The average Bonchev–Trinajstić information content (AvgIpc) is 2.91. The monoisotopic (exact) mass is 311 g/mol. The average molecular weight is 311 g/mol. The van der Waals surface area contributed by atoms with E-state index >= 15 is 0 Å². The van der Waals surface area contributed by atoms with Crippen LogP contribution in [-0.4, -0.2) is 26.8 Å². The minimum absolute atomic E-state index is 0.00317. The van der Waals surface area contributed by atoms with Crippen molar-refractivity contribution in [3.8, 4) is 0 Å². The third-order valence-electron chi connectivity index (χ3n) is 4.98. The Bertz CT molecular complexity index is 798. The van der Waals surface area contributed by atoms with E-state index in [9.17, 15) is 9.59 Å². The van der Waals surface area contributed by atoms with Crippen LogP contribution >= 0.6 is 0 Å². The van der Waals surface area contributed by atoms with Crippen LogP contribution in [0.2, 0.25) is 0 Å². The fourth-order valence-electron chi connectivity index (χ4n) is 3.82. The first-order valence-corrected chi connectivity index (χ1v) is 7.72. The summed E-state index contributed by atoms with van der Waals surface area (Å²) in [4.78, 5) is 23.2. The van der Waals surface area contributed by atoms with Gasteiger partial charge < -0.3 is 10.4 Å². The molecular formula is C17H17N3O3. The summed E-state index contributed by atoms with van der Waals surface area (Å²) in [5.41, 5.74) is 3.24. The molecule has 1 aromatic carbocycles. The van der Waals surface area contributed by atoms with Crippen LogP contribution in [0.25, 0.3) is 0 Å². The lowest BCUT2D eigenvalue weighted by atomic mass is 9.95. The highest BCUT2D eigenvalue weighted by molar-refractivity contribution is 5.96. The molecule has 2 aromatic rings. The van der Waals surface area contributed by atoms with E-state index in [4.69, 9.17) is 5.11 Å². The number of hydrogen-bond donors (Lipinski definition) is 2. The molecule has 2 aliphatic carbocycles. The standard InChI is InChI=1S/C17H17N3O3/c21-15(22)10-20-9-12(8-18-20)19-16(23)14-7-17(14)6-5-11-3-1-2-4-13(11)17/h1-4,8-9,14H,5-7,10H2,(H,19,23)(H,21,22). The van der Waals surface area contributed by atoms with Gasteiger partial charge in [0.25, 0.3) is 0 Å². The number of anilines is 1. The van der Waals surface area contributed by atoms with Gasteiger partial charge in [0, 0.05) is 17.5 Å². The molecule has 0 aliphatic heterocycles. The van der Waals surface area contributed by atoms with E-state index in [0.717, 1.165) is 19.3 Å². The molecule has 1 amide bonds. The molecule has 1 aromatic heterocycles. The van der Waals surface area contributed by atoms with Crippen molar-refractivity contribution in [3.63, 3.8) is 0 Å². The Balaban J connectivity index is 1.46. The van der Waals surface area contributed by atoms with Crippen molar-refractivity contribution in [1.29, 1.82) is 0 Å². The molecule has 23 heavy (non-hydrogen) atoms. The quantitative estimate of drug-likeness (QED) is 0.902. The Kier molecular flexibility index (Phi) is 3.01. The zero-order valence-electron chi connectivity index (χ0n) is 12.5. The molecule has 2 unspecified atom stereocenters. The van der Waals surface area contributed by atoms with Crippen molar-refractivity contribution in [2.24, 2.45) is 5.92 Å². The van der Waals surface area contributed by atoms with E-state index in [1.807, 2.05) is 12.1 Å². The number of carbonyl (C=O) groups is 2. The molecule has 1 spiro atoms. The Morgan fingerprint density at radius 1 is 1.39 bits per heavy atom. The van der Waals surface area contributed by atoms with Gasteiger partial charge in [-0.05, 0) is 30.4 Å². The lowest BCUT2D eigenvalue weighted by Crippen LogP contribution is -2.19. The number of nitrogens with one attached hydrogen (secondary N) is 1. The molecule has 118 valence electrons. The number of benzene rings is 1. The predicted molar refractivity (Wildman–Crippen MR) is 83.0 cm³/mol. The number of fused-ring (bicyclic) bond motifs is 2. The number of rotatable bonds is 4. The summed E-state index contributed by atoms with van der Waals surface area (Å²) in [6.45, 7) is -0.212. The molecule has 1 heterocycles. The lowest BCUT2D eigenvalue weighted by Gasteiger charge is -2.11. The summed E-state index contributed by atoms with van der Waals surface area (Å²) >= 11 is 0. The van der Waals surface area contributed by atoms with E-state index in [1.165, 1.54) is 22.0 Å². The minimum atomic E-state index is -0.963. The van der Waals surface area contributed by atoms with E-state index in [0.29, 0.717) is 5.69 Å². The number of carboxylic acids is 1. The van der Waals surface area contributed by atoms with Gasteiger partial charge in [0.1, 0.15) is 6.54 Å². The van der Waals surface area contributed by atoms with Crippen molar-refractivity contribution in [2.45, 2.75) is 31.2 Å². The first-order valence-electron chi connectivity index (χ1n) is 7.72. The summed E-state index contributed by atoms with van der Waals surface area (Å²) in [6, 6.07) is 8.37. The second-order valence-electron chi connectivity index (χ2n) is 6.38. The molecule has 1 saturated carbocycles. The fraction of sp³-hybridized carbons (Fsp3) is 0.353. The van der Waals surface area contributed by atoms with Gasteiger partial charge in [-0.3, -0.25) is 14.3 Å². The number of aryl methyl sites for hydroxylation is 1. The molecule has 6 nitrogen and oxygen atoms in total. The number of amides is 1. The maximum atomic E-state index is 12.5. The second kappa shape index (κ2) is 4.94. The minimum Gasteiger partial charge on any atom is -0.480 e. The predicted octanol–water partition coefficient (Wildman–Crippen LogP) is 1.81. The van der Waals surface area contributed by atoms with Gasteiger partial charge in [0.15, 0.2) is 0 Å². The summed E-state index contributed by atoms with van der Waals surface area (Å²) in [5, 5.41) is 15.5. The lowest BCUT2D eigenvalue weighted by molar-refractivity contribution is -0.137. The van der Waals surface area contributed by atoms with Crippen LogP contribution in [0.15, 0.2) is 36.7 Å². The summed E-state index contributed by atoms with van der Waals surface area (Å²) in [7, 11) is 0. The molecule has 2 N–H and O–H groups in total. The van der Waals surface area contributed by atoms with Crippen LogP contribution in [0.5, 0.6) is 0 Å². The third kappa shape index (κ3) is 2.30. The van der Waals surface area contributed by atoms with E-state index in [1.54, 1.807) is 6.20 Å². The third-order valence-corrected chi connectivity index (χ3v) is 4.98. The van der Waals surface area contributed by atoms with Crippen LogP contribution in [0.3, 0.4) is 0 Å². The molecule has 0 saturated heterocycles. The van der Waals surface area contributed by atoms with Crippen molar-refractivity contribution in [2.75, 3.05) is 5.32 Å². The van der Waals surface area contributed by atoms with Gasteiger partial charge in [-0.2, -0.15) is 5.10 Å². The number of aromatic nitrogens is 2. The number of carboxylic acid groups (broad SMARTS) is 1. The van der Waals surface area contributed by atoms with Gasteiger partial charge in [-0.15, -0.1) is 0 Å². The summed E-state index contributed by atoms with van der Waals surface area (Å²) in [5.74, 6) is -0.972.